The van der Waals surface area contributed by atoms with Gasteiger partial charge in [0.2, 0.25) is 0 Å². The molecule has 0 amide bonds. The second-order valence-corrected chi connectivity index (χ2v) is 7.22. The minimum atomic E-state index is 0.0848. The lowest BCUT2D eigenvalue weighted by atomic mass is 9.82. The maximum absolute atomic E-state index is 6.16. The van der Waals surface area contributed by atoms with Gasteiger partial charge in [0, 0.05) is 32.4 Å². The quantitative estimate of drug-likeness (QED) is 0.839. The third kappa shape index (κ3) is 3.94. The van der Waals surface area contributed by atoms with Crippen LogP contribution in [0.5, 0.6) is 0 Å². The molecule has 1 spiro atoms. The van der Waals surface area contributed by atoms with Crippen molar-refractivity contribution >= 4 is 0 Å². The Bertz CT molecular complexity index is 295. The highest BCUT2D eigenvalue weighted by atomic mass is 16.5. The zero-order valence-electron chi connectivity index (χ0n) is 13.5. The molecule has 20 heavy (non-hydrogen) atoms. The van der Waals surface area contributed by atoms with Gasteiger partial charge in [0.1, 0.15) is 0 Å². The Kier molecular flexibility index (Phi) is 5.46. The molecule has 2 N–H and O–H groups in total. The Morgan fingerprint density at radius 3 is 2.55 bits per heavy atom. The molecule has 2 rings (SSSR count). The molecule has 0 aromatic carbocycles. The van der Waals surface area contributed by atoms with Crippen molar-refractivity contribution in [1.82, 2.24) is 4.90 Å². The molecule has 1 unspecified atom stereocenters. The first-order valence-electron chi connectivity index (χ1n) is 8.16. The van der Waals surface area contributed by atoms with Crippen LogP contribution in [0.25, 0.3) is 0 Å². The Morgan fingerprint density at radius 2 is 1.95 bits per heavy atom. The van der Waals surface area contributed by atoms with Gasteiger partial charge in [0.25, 0.3) is 0 Å². The lowest BCUT2D eigenvalue weighted by molar-refractivity contribution is -0.152. The monoisotopic (exact) mass is 284 g/mol. The third-order valence-corrected chi connectivity index (χ3v) is 4.98. The molecule has 4 nitrogen and oxygen atoms in total. The summed E-state index contributed by atoms with van der Waals surface area (Å²) < 4.78 is 11.7. The van der Waals surface area contributed by atoms with Crippen LogP contribution >= 0.6 is 0 Å². The average molecular weight is 284 g/mol. The van der Waals surface area contributed by atoms with E-state index in [2.05, 4.69) is 25.7 Å². The number of nitrogens with zero attached hydrogens (tertiary/aromatic N) is 1. The van der Waals surface area contributed by atoms with Crippen molar-refractivity contribution in [3.8, 4) is 0 Å². The second kappa shape index (κ2) is 6.73. The minimum Gasteiger partial charge on any atom is -0.381 e. The molecular formula is C16H32N2O2. The maximum Gasteiger partial charge on any atom is 0.0741 e. The summed E-state index contributed by atoms with van der Waals surface area (Å²) in [5.74, 6) is 0. The summed E-state index contributed by atoms with van der Waals surface area (Å²) in [6, 6.07) is 0.637. The molecule has 4 heteroatoms. The third-order valence-electron chi connectivity index (χ3n) is 4.98. The van der Waals surface area contributed by atoms with Crippen LogP contribution in [-0.2, 0) is 9.47 Å². The van der Waals surface area contributed by atoms with Crippen LogP contribution < -0.4 is 5.73 Å². The molecule has 2 heterocycles. The van der Waals surface area contributed by atoms with Crippen LogP contribution in [-0.4, -0.2) is 56.0 Å². The zero-order valence-corrected chi connectivity index (χ0v) is 13.5. The van der Waals surface area contributed by atoms with E-state index in [-0.39, 0.29) is 11.0 Å². The van der Waals surface area contributed by atoms with Crippen LogP contribution in [0.3, 0.4) is 0 Å². The molecule has 0 aliphatic carbocycles. The van der Waals surface area contributed by atoms with E-state index >= 15 is 0 Å². The second-order valence-electron chi connectivity index (χ2n) is 7.22. The van der Waals surface area contributed by atoms with Crippen molar-refractivity contribution in [1.29, 1.82) is 0 Å². The summed E-state index contributed by atoms with van der Waals surface area (Å²) in [7, 11) is 0. The van der Waals surface area contributed by atoms with E-state index in [1.807, 2.05) is 0 Å². The van der Waals surface area contributed by atoms with Crippen LogP contribution in [0, 0.1) is 5.41 Å². The largest absolute Gasteiger partial charge is 0.381 e. The molecule has 0 saturated carbocycles. The van der Waals surface area contributed by atoms with Gasteiger partial charge in [-0.1, -0.05) is 20.8 Å². The Labute approximate surface area is 124 Å². The summed E-state index contributed by atoms with van der Waals surface area (Å²) >= 11 is 0. The van der Waals surface area contributed by atoms with Gasteiger partial charge in [0.15, 0.2) is 0 Å². The number of nitrogens with two attached hydrogens (primary N) is 1. The molecule has 2 aliphatic rings. The lowest BCUT2D eigenvalue weighted by Gasteiger charge is -2.47. The summed E-state index contributed by atoms with van der Waals surface area (Å²) in [5, 5.41) is 0. The highest BCUT2D eigenvalue weighted by molar-refractivity contribution is 4.93. The van der Waals surface area contributed by atoms with Gasteiger partial charge < -0.3 is 15.2 Å². The van der Waals surface area contributed by atoms with E-state index in [1.54, 1.807) is 0 Å². The van der Waals surface area contributed by atoms with Gasteiger partial charge in [0.05, 0.1) is 5.60 Å². The molecule has 0 radical (unpaired) electrons. The molecule has 2 aliphatic heterocycles. The SMILES string of the molecule is CCN(CC(C)(C)CN)C1CCOC2(CCOCC2)C1. The van der Waals surface area contributed by atoms with Crippen molar-refractivity contribution in [2.75, 3.05) is 39.5 Å². The normalized spacial score (nSPS) is 27.1. The van der Waals surface area contributed by atoms with Gasteiger partial charge in [-0.2, -0.15) is 0 Å². The van der Waals surface area contributed by atoms with Crippen molar-refractivity contribution in [3.05, 3.63) is 0 Å². The van der Waals surface area contributed by atoms with E-state index in [1.165, 1.54) is 0 Å². The Balaban J connectivity index is 1.98. The molecule has 2 fully saturated rings. The molecule has 0 aromatic rings. The first kappa shape index (κ1) is 16.2. The minimum absolute atomic E-state index is 0.0848. The van der Waals surface area contributed by atoms with Gasteiger partial charge in [-0.15, -0.1) is 0 Å². The van der Waals surface area contributed by atoms with Crippen molar-refractivity contribution in [2.45, 2.75) is 58.1 Å². The topological polar surface area (TPSA) is 47.7 Å². The van der Waals surface area contributed by atoms with Crippen LogP contribution in [0.2, 0.25) is 0 Å². The summed E-state index contributed by atoms with van der Waals surface area (Å²) in [6.07, 6.45) is 4.42. The van der Waals surface area contributed by atoms with Crippen LogP contribution in [0.1, 0.15) is 46.5 Å². The molecule has 2 saturated heterocycles. The molecule has 118 valence electrons. The highest BCUT2D eigenvalue weighted by Gasteiger charge is 2.41. The van der Waals surface area contributed by atoms with Crippen molar-refractivity contribution in [3.63, 3.8) is 0 Å². The molecule has 1 atom stereocenters. The number of ether oxygens (including phenoxy) is 2. The summed E-state index contributed by atoms with van der Waals surface area (Å²) in [5.41, 5.74) is 6.18. The fourth-order valence-corrected chi connectivity index (χ4v) is 3.52. The van der Waals surface area contributed by atoms with Crippen molar-refractivity contribution < 1.29 is 9.47 Å². The number of hydrogen-bond acceptors (Lipinski definition) is 4. The number of rotatable bonds is 5. The van der Waals surface area contributed by atoms with Crippen molar-refractivity contribution in [2.24, 2.45) is 11.1 Å². The predicted octanol–water partition coefficient (Wildman–Crippen LogP) is 2.02. The Morgan fingerprint density at radius 1 is 1.25 bits per heavy atom. The van der Waals surface area contributed by atoms with E-state index in [9.17, 15) is 0 Å². The van der Waals surface area contributed by atoms with Gasteiger partial charge >= 0.3 is 0 Å². The summed E-state index contributed by atoms with van der Waals surface area (Å²) in [4.78, 5) is 2.62. The fourth-order valence-electron chi connectivity index (χ4n) is 3.52. The lowest BCUT2D eigenvalue weighted by Crippen LogP contribution is -2.53. The first-order chi connectivity index (χ1) is 9.50. The van der Waals surface area contributed by atoms with Gasteiger partial charge in [-0.05, 0) is 44.2 Å². The highest BCUT2D eigenvalue weighted by Crippen LogP contribution is 2.36. The van der Waals surface area contributed by atoms with Crippen LogP contribution in [0.15, 0.2) is 0 Å². The molecule has 0 aromatic heterocycles. The van der Waals surface area contributed by atoms with E-state index < -0.39 is 0 Å². The average Bonchev–Trinajstić information content (AvgIpc) is 2.46. The smallest absolute Gasteiger partial charge is 0.0741 e. The predicted molar refractivity (Wildman–Crippen MR) is 81.8 cm³/mol. The molecule has 0 bridgehead atoms. The zero-order chi connectivity index (χ0) is 14.6. The van der Waals surface area contributed by atoms with Gasteiger partial charge in [-0.3, -0.25) is 4.90 Å². The Hall–Kier alpha value is -0.160. The number of hydrogen-bond donors (Lipinski definition) is 1. The first-order valence-corrected chi connectivity index (χ1v) is 8.16. The van der Waals surface area contributed by atoms with Gasteiger partial charge in [-0.25, -0.2) is 0 Å². The molecular weight excluding hydrogens is 252 g/mol. The van der Waals surface area contributed by atoms with E-state index in [0.717, 1.165) is 65.1 Å². The maximum atomic E-state index is 6.16. The standard InChI is InChI=1S/C16H32N2O2/c1-4-18(13-15(2,3)12-17)14-5-8-20-16(11-14)6-9-19-10-7-16/h14H,4-13,17H2,1-3H3. The fraction of sp³-hybridized carbons (Fsp3) is 1.00. The summed E-state index contributed by atoms with van der Waals surface area (Å²) in [6.45, 7) is 12.3. The van der Waals surface area contributed by atoms with E-state index in [0.29, 0.717) is 6.04 Å². The van der Waals surface area contributed by atoms with E-state index in [4.69, 9.17) is 15.2 Å². The van der Waals surface area contributed by atoms with Crippen LogP contribution in [0.4, 0.5) is 0 Å².